The molecule has 1 aromatic heterocycles. The Balaban J connectivity index is 1.82. The van der Waals surface area contributed by atoms with Gasteiger partial charge in [-0.2, -0.15) is 0 Å². The Morgan fingerprint density at radius 1 is 1.33 bits per heavy atom. The number of aryl methyl sites for hydroxylation is 1. The number of ether oxygens (including phenoxy) is 2. The highest BCUT2D eigenvalue weighted by Crippen LogP contribution is 2.72. The minimum Gasteiger partial charge on any atom is -0.447 e. The van der Waals surface area contributed by atoms with Crippen LogP contribution in [0.5, 0.6) is 0 Å². The zero-order valence-corrected chi connectivity index (χ0v) is 26.8. The fourth-order valence-electron chi connectivity index (χ4n) is 4.78. The van der Waals surface area contributed by atoms with Gasteiger partial charge in [0.2, 0.25) is 0 Å². The summed E-state index contributed by atoms with van der Waals surface area (Å²) in [5, 5.41) is 0.193. The van der Waals surface area contributed by atoms with Crippen molar-refractivity contribution < 1.29 is 27.5 Å². The Bertz CT molecular complexity index is 1260. The SMILES string of the molecule is Cc1ncoc1[C@]12C[C@H]1[C@@](CF)(c1cc(Br)ccc1F)N=C(N(COCC[Si](C)(C)C)C(=O)OC(C)(C)C)S2. The number of oxazole rings is 1. The molecule has 214 valence electrons. The molecule has 0 bridgehead atoms. The predicted molar refractivity (Wildman–Crippen MR) is 155 cm³/mol. The van der Waals surface area contributed by atoms with Crippen molar-refractivity contribution >= 4 is 47.0 Å². The molecule has 2 heterocycles. The Kier molecular flexibility index (Phi) is 8.44. The average Bonchev–Trinajstić information content (AvgIpc) is 3.41. The maximum atomic E-state index is 15.4. The van der Waals surface area contributed by atoms with E-state index in [1.165, 1.54) is 29.1 Å². The number of rotatable bonds is 8. The summed E-state index contributed by atoms with van der Waals surface area (Å²) in [6, 6.07) is 5.32. The molecule has 0 spiro atoms. The summed E-state index contributed by atoms with van der Waals surface area (Å²) >= 11 is 4.70. The Morgan fingerprint density at radius 2 is 2.05 bits per heavy atom. The van der Waals surface area contributed by atoms with Gasteiger partial charge in [-0.1, -0.05) is 47.3 Å². The van der Waals surface area contributed by atoms with Crippen LogP contribution in [0.1, 0.15) is 44.2 Å². The van der Waals surface area contributed by atoms with Gasteiger partial charge in [0, 0.05) is 30.6 Å². The van der Waals surface area contributed by atoms with Gasteiger partial charge in [-0.25, -0.2) is 28.5 Å². The van der Waals surface area contributed by atoms with Crippen molar-refractivity contribution in [2.75, 3.05) is 20.0 Å². The second-order valence-corrected chi connectivity index (χ2v) is 20.2. The number of carbonyl (C=O) groups is 1. The van der Waals surface area contributed by atoms with Gasteiger partial charge in [0.25, 0.3) is 0 Å². The number of carbonyl (C=O) groups excluding carboxylic acids is 1. The zero-order valence-electron chi connectivity index (χ0n) is 23.4. The van der Waals surface area contributed by atoms with E-state index in [-0.39, 0.29) is 17.5 Å². The van der Waals surface area contributed by atoms with E-state index in [1.807, 2.05) is 6.92 Å². The third-order valence-corrected chi connectivity index (χ3v) is 10.5. The first kappa shape index (κ1) is 30.2. The fourth-order valence-corrected chi connectivity index (χ4v) is 7.54. The molecule has 0 unspecified atom stereocenters. The minimum absolute atomic E-state index is 0.116. The van der Waals surface area contributed by atoms with Gasteiger partial charge in [0.15, 0.2) is 11.6 Å². The molecule has 1 fully saturated rings. The second-order valence-electron chi connectivity index (χ2n) is 12.3. The number of fused-ring (bicyclic) bond motifs is 1. The van der Waals surface area contributed by atoms with Gasteiger partial charge >= 0.3 is 6.09 Å². The van der Waals surface area contributed by atoms with Crippen LogP contribution in [0.4, 0.5) is 13.6 Å². The lowest BCUT2D eigenvalue weighted by Crippen LogP contribution is -2.46. The quantitative estimate of drug-likeness (QED) is 0.167. The van der Waals surface area contributed by atoms with Crippen molar-refractivity contribution in [3.8, 4) is 0 Å². The number of hydrogen-bond acceptors (Lipinski definition) is 7. The fraction of sp³-hybridized carbons (Fsp3) is 0.593. The molecule has 2 aromatic rings. The third kappa shape index (κ3) is 6.28. The molecular weight excluding hydrogens is 608 g/mol. The van der Waals surface area contributed by atoms with Gasteiger partial charge in [-0.05, 0) is 58.4 Å². The lowest BCUT2D eigenvalue weighted by molar-refractivity contribution is 0.0109. The van der Waals surface area contributed by atoms with Gasteiger partial charge < -0.3 is 13.9 Å². The van der Waals surface area contributed by atoms with Crippen molar-refractivity contribution in [2.45, 2.75) is 75.7 Å². The molecule has 0 N–H and O–H groups in total. The molecule has 7 nitrogen and oxygen atoms in total. The van der Waals surface area contributed by atoms with Crippen molar-refractivity contribution in [3.63, 3.8) is 0 Å². The van der Waals surface area contributed by atoms with E-state index in [0.29, 0.717) is 29.0 Å². The molecular formula is C27H36BrF2N3O4SSi. The van der Waals surface area contributed by atoms with Gasteiger partial charge in [-0.15, -0.1) is 0 Å². The molecule has 4 rings (SSSR count). The van der Waals surface area contributed by atoms with Crippen LogP contribution in [0.15, 0.2) is 38.5 Å². The molecule has 0 saturated heterocycles. The number of hydrogen-bond donors (Lipinski definition) is 0. The number of thioether (sulfide) groups is 1. The summed E-state index contributed by atoms with van der Waals surface area (Å²) in [5.74, 6) is -0.425. The number of aromatic nitrogens is 1. The summed E-state index contributed by atoms with van der Waals surface area (Å²) in [6.45, 7) is 13.2. The van der Waals surface area contributed by atoms with Crippen LogP contribution in [0.2, 0.25) is 25.7 Å². The van der Waals surface area contributed by atoms with Crippen LogP contribution < -0.4 is 0 Å². The van der Waals surface area contributed by atoms with E-state index in [4.69, 9.17) is 18.9 Å². The molecule has 3 atom stereocenters. The number of alkyl halides is 1. The topological polar surface area (TPSA) is 77.2 Å². The Morgan fingerprint density at radius 3 is 2.64 bits per heavy atom. The van der Waals surface area contributed by atoms with Gasteiger partial charge in [-0.3, -0.25) is 0 Å². The number of halogens is 3. The normalized spacial score (nSPS) is 24.7. The van der Waals surface area contributed by atoms with Crippen molar-refractivity contribution in [1.82, 2.24) is 9.88 Å². The summed E-state index contributed by atoms with van der Waals surface area (Å²) in [6.07, 6.45) is 1.14. The van der Waals surface area contributed by atoms with Gasteiger partial charge in [0.05, 0.1) is 10.4 Å². The van der Waals surface area contributed by atoms with Gasteiger partial charge in [0.1, 0.15) is 36.1 Å². The van der Waals surface area contributed by atoms with E-state index < -0.39 is 48.5 Å². The number of nitrogens with zero attached hydrogens (tertiary/aromatic N) is 3. The maximum Gasteiger partial charge on any atom is 0.418 e. The summed E-state index contributed by atoms with van der Waals surface area (Å²) in [7, 11) is -1.39. The summed E-state index contributed by atoms with van der Waals surface area (Å²) in [5.41, 5.74) is -1.61. The molecule has 39 heavy (non-hydrogen) atoms. The molecule has 1 aromatic carbocycles. The first-order chi connectivity index (χ1) is 18.1. The Labute approximate surface area is 242 Å². The summed E-state index contributed by atoms with van der Waals surface area (Å²) in [4.78, 5) is 23.9. The number of amides is 1. The highest BCUT2D eigenvalue weighted by Gasteiger charge is 2.72. The Hall–Kier alpha value is -1.76. The number of amidine groups is 1. The molecule has 1 aliphatic heterocycles. The molecule has 1 aliphatic carbocycles. The van der Waals surface area contributed by atoms with E-state index in [1.54, 1.807) is 32.9 Å². The van der Waals surface area contributed by atoms with Crippen molar-refractivity contribution in [1.29, 1.82) is 0 Å². The first-order valence-electron chi connectivity index (χ1n) is 12.9. The molecule has 0 radical (unpaired) electrons. The molecule has 1 saturated carbocycles. The van der Waals surface area contributed by atoms with Crippen LogP contribution in [0, 0.1) is 18.7 Å². The minimum atomic E-state index is -1.59. The monoisotopic (exact) mass is 643 g/mol. The zero-order chi connectivity index (χ0) is 28.8. The van der Waals surface area contributed by atoms with Crippen LogP contribution in [0.3, 0.4) is 0 Å². The highest BCUT2D eigenvalue weighted by atomic mass is 79.9. The standard InChI is InChI=1S/C27H36BrF2N3O4SSi/c1-17-22(36-15-31-17)27-13-21(27)26(14-29,19-12-18(28)8-9-20(19)30)32-23(38-27)33(24(34)37-25(2,3)4)16-35-10-11-39(5,6)7/h8-9,12,15,21H,10-11,13-14,16H2,1-7H3/t21-,26+,27-/m0/s1. The second kappa shape index (κ2) is 10.9. The lowest BCUT2D eigenvalue weighted by atomic mass is 9.84. The van der Waals surface area contributed by atoms with Crippen LogP contribution in [0.25, 0.3) is 0 Å². The van der Waals surface area contributed by atoms with Crippen LogP contribution in [-0.4, -0.2) is 54.8 Å². The van der Waals surface area contributed by atoms with Crippen molar-refractivity contribution in [2.24, 2.45) is 10.9 Å². The van der Waals surface area contributed by atoms with Crippen LogP contribution in [-0.2, 0) is 19.8 Å². The van der Waals surface area contributed by atoms with E-state index in [2.05, 4.69) is 40.6 Å². The average molecular weight is 645 g/mol. The number of aliphatic imine (C=N–C) groups is 1. The van der Waals surface area contributed by atoms with E-state index in [9.17, 15) is 4.79 Å². The predicted octanol–water partition coefficient (Wildman–Crippen LogP) is 7.62. The van der Waals surface area contributed by atoms with E-state index >= 15 is 8.78 Å². The smallest absolute Gasteiger partial charge is 0.418 e. The van der Waals surface area contributed by atoms with Crippen LogP contribution >= 0.6 is 27.7 Å². The van der Waals surface area contributed by atoms with Crippen molar-refractivity contribution in [3.05, 3.63) is 51.9 Å². The first-order valence-corrected chi connectivity index (χ1v) is 18.2. The maximum absolute atomic E-state index is 15.4. The van der Waals surface area contributed by atoms with E-state index in [0.717, 1.165) is 6.04 Å². The third-order valence-electron chi connectivity index (χ3n) is 6.85. The largest absolute Gasteiger partial charge is 0.447 e. The molecule has 12 heteroatoms. The highest BCUT2D eigenvalue weighted by molar-refractivity contribution is 9.10. The molecule has 1 amide bonds. The lowest BCUT2D eigenvalue weighted by Gasteiger charge is -2.38. The summed E-state index contributed by atoms with van der Waals surface area (Å²) < 4.78 is 48.0. The number of benzene rings is 1. The molecule has 2 aliphatic rings.